The molecule has 1 saturated heterocycles. The van der Waals surface area contributed by atoms with Crippen LogP contribution in [-0.2, 0) is 11.2 Å². The lowest BCUT2D eigenvalue weighted by molar-refractivity contribution is -0.134. The molecule has 1 aromatic heterocycles. The van der Waals surface area contributed by atoms with Gasteiger partial charge in [-0.3, -0.25) is 9.59 Å². The molecule has 0 saturated carbocycles. The van der Waals surface area contributed by atoms with Crippen molar-refractivity contribution in [1.82, 2.24) is 15.4 Å². The summed E-state index contributed by atoms with van der Waals surface area (Å²) in [5.41, 5.74) is 4.36. The number of piperidine rings is 1. The number of rotatable bonds is 6. The summed E-state index contributed by atoms with van der Waals surface area (Å²) in [6.07, 6.45) is 3.57. The number of hydrogen-bond acceptors (Lipinski definition) is 4. The smallest absolute Gasteiger partial charge is 0.274 e. The van der Waals surface area contributed by atoms with Crippen molar-refractivity contribution in [2.45, 2.75) is 45.6 Å². The van der Waals surface area contributed by atoms with E-state index in [9.17, 15) is 9.59 Å². The Balaban J connectivity index is 1.52. The lowest BCUT2D eigenvalue weighted by Crippen LogP contribution is -2.51. The van der Waals surface area contributed by atoms with Gasteiger partial charge in [0, 0.05) is 31.1 Å². The van der Waals surface area contributed by atoms with E-state index < -0.39 is 11.9 Å². The predicted molar refractivity (Wildman–Crippen MR) is 123 cm³/mol. The van der Waals surface area contributed by atoms with E-state index in [2.05, 4.69) is 10.5 Å². The third-order valence-corrected chi connectivity index (χ3v) is 6.09. The van der Waals surface area contributed by atoms with Crippen LogP contribution in [0.15, 0.2) is 59.1 Å². The van der Waals surface area contributed by atoms with E-state index in [1.807, 2.05) is 67.3 Å². The van der Waals surface area contributed by atoms with Crippen LogP contribution in [-0.4, -0.2) is 41.0 Å². The van der Waals surface area contributed by atoms with Crippen LogP contribution >= 0.6 is 0 Å². The molecular weight excluding hydrogens is 402 g/mol. The van der Waals surface area contributed by atoms with E-state index in [0.717, 1.165) is 49.0 Å². The molecule has 166 valence electrons. The number of aromatic nitrogens is 1. The minimum Gasteiger partial charge on any atom is -0.355 e. The summed E-state index contributed by atoms with van der Waals surface area (Å²) in [5, 5.41) is 6.88. The Hall–Kier alpha value is -3.41. The zero-order valence-corrected chi connectivity index (χ0v) is 18.6. The first kappa shape index (κ1) is 21.8. The van der Waals surface area contributed by atoms with Gasteiger partial charge >= 0.3 is 0 Å². The highest BCUT2D eigenvalue weighted by atomic mass is 16.5. The summed E-state index contributed by atoms with van der Waals surface area (Å²) >= 11 is 0. The maximum atomic E-state index is 13.2. The fourth-order valence-corrected chi connectivity index (χ4v) is 4.03. The molecule has 2 heterocycles. The first-order valence-corrected chi connectivity index (χ1v) is 11.2. The quantitative estimate of drug-likeness (QED) is 0.631. The maximum absolute atomic E-state index is 13.2. The van der Waals surface area contributed by atoms with Gasteiger partial charge in [-0.2, -0.15) is 0 Å². The molecule has 3 aromatic rings. The van der Waals surface area contributed by atoms with Gasteiger partial charge in [-0.05, 0) is 55.9 Å². The highest BCUT2D eigenvalue weighted by Gasteiger charge is 2.28. The van der Waals surface area contributed by atoms with Crippen LogP contribution < -0.4 is 5.32 Å². The van der Waals surface area contributed by atoms with E-state index in [0.29, 0.717) is 12.2 Å². The number of likely N-dealkylation sites (tertiary alicyclic amines) is 1. The topological polar surface area (TPSA) is 75.4 Å². The zero-order chi connectivity index (χ0) is 22.5. The number of benzene rings is 2. The predicted octanol–water partition coefficient (Wildman–Crippen LogP) is 4.31. The van der Waals surface area contributed by atoms with Gasteiger partial charge in [0.05, 0.1) is 0 Å². The molecule has 0 unspecified atom stereocenters. The van der Waals surface area contributed by atoms with Crippen LogP contribution in [0.1, 0.15) is 46.4 Å². The van der Waals surface area contributed by atoms with Crippen molar-refractivity contribution in [2.75, 3.05) is 13.1 Å². The summed E-state index contributed by atoms with van der Waals surface area (Å²) in [6.45, 7) is 5.55. The van der Waals surface area contributed by atoms with Crippen molar-refractivity contribution in [1.29, 1.82) is 0 Å². The summed E-state index contributed by atoms with van der Waals surface area (Å²) in [7, 11) is 0. The summed E-state index contributed by atoms with van der Waals surface area (Å²) in [6, 6.07) is 16.7. The number of nitrogens with zero attached hydrogens (tertiary/aromatic N) is 2. The molecule has 0 aliphatic carbocycles. The lowest BCUT2D eigenvalue weighted by Gasteiger charge is -2.30. The van der Waals surface area contributed by atoms with Gasteiger partial charge in [0.2, 0.25) is 5.91 Å². The Bertz CT molecular complexity index is 1080. The average molecular weight is 432 g/mol. The Kier molecular flexibility index (Phi) is 6.69. The third kappa shape index (κ3) is 5.07. The second-order valence-electron chi connectivity index (χ2n) is 8.48. The first-order chi connectivity index (χ1) is 15.5. The average Bonchev–Trinajstić information content (AvgIpc) is 3.32. The molecular formula is C26H29N3O3. The highest BCUT2D eigenvalue weighted by molar-refractivity contribution is 5.96. The second kappa shape index (κ2) is 9.81. The van der Waals surface area contributed by atoms with E-state index in [1.165, 1.54) is 5.56 Å². The minimum atomic E-state index is -0.648. The summed E-state index contributed by atoms with van der Waals surface area (Å²) in [4.78, 5) is 28.1. The molecule has 4 rings (SSSR count). The van der Waals surface area contributed by atoms with Gasteiger partial charge in [0.15, 0.2) is 11.5 Å². The molecule has 1 aliphatic rings. The fourth-order valence-electron chi connectivity index (χ4n) is 4.03. The van der Waals surface area contributed by atoms with Gasteiger partial charge < -0.3 is 14.7 Å². The van der Waals surface area contributed by atoms with E-state index in [4.69, 9.17) is 4.52 Å². The SMILES string of the molecule is Cc1ccc(-c2cc(C(=O)N[C@@H](Cc3ccccc3)C(=O)N3CCCCC3)no2)cc1C. The Morgan fingerprint density at radius 3 is 2.47 bits per heavy atom. The molecule has 0 spiro atoms. The Labute approximate surface area is 188 Å². The summed E-state index contributed by atoms with van der Waals surface area (Å²) < 4.78 is 5.44. The van der Waals surface area contributed by atoms with Gasteiger partial charge in [0.25, 0.3) is 5.91 Å². The van der Waals surface area contributed by atoms with E-state index >= 15 is 0 Å². The summed E-state index contributed by atoms with van der Waals surface area (Å²) in [5.74, 6) is 0.0788. The van der Waals surface area contributed by atoms with Crippen LogP contribution in [0.4, 0.5) is 0 Å². The molecule has 2 aromatic carbocycles. The van der Waals surface area contributed by atoms with Crippen LogP contribution in [0.2, 0.25) is 0 Å². The van der Waals surface area contributed by atoms with Crippen LogP contribution in [0.5, 0.6) is 0 Å². The normalized spacial score (nSPS) is 14.8. The molecule has 0 radical (unpaired) electrons. The molecule has 1 N–H and O–H groups in total. The minimum absolute atomic E-state index is 0.0419. The molecule has 32 heavy (non-hydrogen) atoms. The monoisotopic (exact) mass is 431 g/mol. The van der Waals surface area contributed by atoms with Crippen LogP contribution in [0.3, 0.4) is 0 Å². The molecule has 1 fully saturated rings. The maximum Gasteiger partial charge on any atom is 0.274 e. The second-order valence-corrected chi connectivity index (χ2v) is 8.48. The van der Waals surface area contributed by atoms with Crippen molar-refractivity contribution < 1.29 is 14.1 Å². The number of amides is 2. The van der Waals surface area contributed by atoms with Crippen molar-refractivity contribution in [3.8, 4) is 11.3 Å². The molecule has 1 aliphatic heterocycles. The number of nitrogens with one attached hydrogen (secondary N) is 1. The van der Waals surface area contributed by atoms with Gasteiger partial charge in [-0.15, -0.1) is 0 Å². The Morgan fingerprint density at radius 2 is 1.75 bits per heavy atom. The van der Waals surface area contributed by atoms with Crippen molar-refractivity contribution in [2.24, 2.45) is 0 Å². The fraction of sp³-hybridized carbons (Fsp3) is 0.346. The van der Waals surface area contributed by atoms with E-state index in [-0.39, 0.29) is 11.6 Å². The molecule has 6 nitrogen and oxygen atoms in total. The van der Waals surface area contributed by atoms with Gasteiger partial charge in [-0.25, -0.2) is 0 Å². The van der Waals surface area contributed by atoms with Crippen LogP contribution in [0, 0.1) is 13.8 Å². The highest BCUT2D eigenvalue weighted by Crippen LogP contribution is 2.23. The zero-order valence-electron chi connectivity index (χ0n) is 18.6. The number of aryl methyl sites for hydroxylation is 2. The number of carbonyl (C=O) groups excluding carboxylic acids is 2. The Morgan fingerprint density at radius 1 is 1.00 bits per heavy atom. The molecule has 6 heteroatoms. The number of hydrogen-bond donors (Lipinski definition) is 1. The van der Waals surface area contributed by atoms with Gasteiger partial charge in [-0.1, -0.05) is 47.6 Å². The third-order valence-electron chi connectivity index (χ3n) is 6.09. The lowest BCUT2D eigenvalue weighted by atomic mass is 10.0. The standard InChI is InChI=1S/C26H29N3O3/c1-18-11-12-21(15-19(18)2)24-17-22(28-32-24)25(30)27-23(16-20-9-5-3-6-10-20)26(31)29-13-7-4-8-14-29/h3,5-6,9-12,15,17,23H,4,7-8,13-14,16H2,1-2H3,(H,27,30)/t23-/m0/s1. The van der Waals surface area contributed by atoms with Crippen molar-refractivity contribution in [3.05, 3.63) is 77.0 Å². The first-order valence-electron chi connectivity index (χ1n) is 11.2. The number of carbonyl (C=O) groups is 2. The van der Waals surface area contributed by atoms with Crippen molar-refractivity contribution >= 4 is 11.8 Å². The van der Waals surface area contributed by atoms with E-state index in [1.54, 1.807) is 6.07 Å². The molecule has 0 bridgehead atoms. The van der Waals surface area contributed by atoms with Crippen molar-refractivity contribution in [3.63, 3.8) is 0 Å². The molecule has 2 amide bonds. The van der Waals surface area contributed by atoms with Crippen LogP contribution in [0.25, 0.3) is 11.3 Å². The van der Waals surface area contributed by atoms with Gasteiger partial charge in [0.1, 0.15) is 6.04 Å². The molecule has 1 atom stereocenters. The largest absolute Gasteiger partial charge is 0.355 e.